The molecule has 0 unspecified atom stereocenters. The van der Waals surface area contributed by atoms with Crippen molar-refractivity contribution in [1.82, 2.24) is 9.78 Å². The zero-order valence-corrected chi connectivity index (χ0v) is 11.5. The lowest BCUT2D eigenvalue weighted by molar-refractivity contribution is -0.117. The molecule has 0 aliphatic heterocycles. The molecule has 0 radical (unpaired) electrons. The van der Waals surface area contributed by atoms with E-state index in [1.54, 1.807) is 29.2 Å². The van der Waals surface area contributed by atoms with Gasteiger partial charge in [0.15, 0.2) is 6.73 Å². The summed E-state index contributed by atoms with van der Waals surface area (Å²) in [7, 11) is 0. The Morgan fingerprint density at radius 2 is 2.35 bits per heavy atom. The summed E-state index contributed by atoms with van der Waals surface area (Å²) >= 11 is 5.87. The van der Waals surface area contributed by atoms with Gasteiger partial charge in [-0.1, -0.05) is 17.7 Å². The first kappa shape index (κ1) is 13.0. The predicted octanol–water partition coefficient (Wildman–Crippen LogP) is 2.92. The fourth-order valence-electron chi connectivity index (χ4n) is 1.79. The first-order valence-corrected chi connectivity index (χ1v) is 6.80. The number of hydrogen-bond donors (Lipinski definition) is 1. The number of nitrogens with zero attached hydrogens (tertiary/aromatic N) is 2. The van der Waals surface area contributed by atoms with Crippen LogP contribution in [0.2, 0.25) is 5.02 Å². The molecule has 1 aliphatic carbocycles. The highest BCUT2D eigenvalue weighted by Crippen LogP contribution is 2.30. The van der Waals surface area contributed by atoms with Crippen LogP contribution >= 0.6 is 11.6 Å². The van der Waals surface area contributed by atoms with Gasteiger partial charge in [0, 0.05) is 10.9 Å². The Morgan fingerprint density at radius 3 is 3.10 bits per heavy atom. The standard InChI is InChI=1S/C14H14ClN3O2/c15-11-2-1-3-13(6-11)20-9-18-8-12(7-16-18)17-14(19)10-4-5-10/h1-3,6-8,10H,4-5,9H2,(H,17,19). The van der Waals surface area contributed by atoms with Gasteiger partial charge < -0.3 is 10.1 Å². The molecule has 104 valence electrons. The number of ether oxygens (including phenoxy) is 1. The van der Waals surface area contributed by atoms with Gasteiger partial charge >= 0.3 is 0 Å². The summed E-state index contributed by atoms with van der Waals surface area (Å²) in [6.07, 6.45) is 5.32. The number of halogens is 1. The third kappa shape index (κ3) is 3.30. The van der Waals surface area contributed by atoms with Gasteiger partial charge in [-0.25, -0.2) is 4.68 Å². The van der Waals surface area contributed by atoms with Gasteiger partial charge in [-0.2, -0.15) is 5.10 Å². The molecule has 1 aromatic carbocycles. The van der Waals surface area contributed by atoms with Crippen LogP contribution < -0.4 is 10.1 Å². The predicted molar refractivity (Wildman–Crippen MR) is 75.7 cm³/mol. The fraction of sp³-hybridized carbons (Fsp3) is 0.286. The fourth-order valence-corrected chi connectivity index (χ4v) is 1.97. The third-order valence-electron chi connectivity index (χ3n) is 3.01. The summed E-state index contributed by atoms with van der Waals surface area (Å²) in [6.45, 7) is 0.264. The number of rotatable bonds is 5. The molecule has 1 saturated carbocycles. The molecular formula is C14H14ClN3O2. The monoisotopic (exact) mass is 291 g/mol. The smallest absolute Gasteiger partial charge is 0.227 e. The van der Waals surface area contributed by atoms with E-state index in [-0.39, 0.29) is 18.6 Å². The van der Waals surface area contributed by atoms with Crippen molar-refractivity contribution in [2.24, 2.45) is 5.92 Å². The van der Waals surface area contributed by atoms with Gasteiger partial charge in [0.25, 0.3) is 0 Å². The molecule has 20 heavy (non-hydrogen) atoms. The number of hydrogen-bond acceptors (Lipinski definition) is 3. The van der Waals surface area contributed by atoms with Crippen molar-refractivity contribution in [2.45, 2.75) is 19.6 Å². The molecule has 0 atom stereocenters. The number of aromatic nitrogens is 2. The Hall–Kier alpha value is -2.01. The highest BCUT2D eigenvalue weighted by Gasteiger charge is 2.29. The van der Waals surface area contributed by atoms with Gasteiger partial charge in [-0.15, -0.1) is 0 Å². The number of nitrogens with one attached hydrogen (secondary N) is 1. The van der Waals surface area contributed by atoms with Crippen molar-refractivity contribution in [1.29, 1.82) is 0 Å². The molecule has 2 aromatic rings. The molecule has 1 N–H and O–H groups in total. The highest BCUT2D eigenvalue weighted by molar-refractivity contribution is 6.30. The van der Waals surface area contributed by atoms with Crippen molar-refractivity contribution in [3.8, 4) is 5.75 Å². The topological polar surface area (TPSA) is 56.2 Å². The number of carbonyl (C=O) groups excluding carboxylic acids is 1. The van der Waals surface area contributed by atoms with Crippen LogP contribution in [0.15, 0.2) is 36.7 Å². The molecule has 1 fully saturated rings. The molecule has 0 bridgehead atoms. The van der Waals surface area contributed by atoms with Gasteiger partial charge in [-0.3, -0.25) is 4.79 Å². The molecule has 3 rings (SSSR count). The Labute approximate surface area is 121 Å². The van der Waals surface area contributed by atoms with Crippen LogP contribution in [0.25, 0.3) is 0 Å². The van der Waals surface area contributed by atoms with E-state index in [0.717, 1.165) is 12.8 Å². The largest absolute Gasteiger partial charge is 0.471 e. The summed E-state index contributed by atoms with van der Waals surface area (Å²) in [6, 6.07) is 7.17. The van der Waals surface area contributed by atoms with E-state index in [0.29, 0.717) is 16.5 Å². The lowest BCUT2D eigenvalue weighted by Gasteiger charge is -2.06. The average molecular weight is 292 g/mol. The van der Waals surface area contributed by atoms with Crippen molar-refractivity contribution in [3.05, 3.63) is 41.7 Å². The Balaban J connectivity index is 1.55. The minimum atomic E-state index is 0.0697. The molecule has 1 amide bonds. The second-order valence-electron chi connectivity index (χ2n) is 4.76. The molecule has 5 nitrogen and oxygen atoms in total. The molecule has 6 heteroatoms. The van der Waals surface area contributed by atoms with Gasteiger partial charge in [-0.05, 0) is 31.0 Å². The Bertz CT molecular complexity index is 622. The van der Waals surface area contributed by atoms with Gasteiger partial charge in [0.1, 0.15) is 5.75 Å². The minimum absolute atomic E-state index is 0.0697. The molecular weight excluding hydrogens is 278 g/mol. The van der Waals surface area contributed by atoms with Crippen molar-refractivity contribution in [3.63, 3.8) is 0 Å². The summed E-state index contributed by atoms with van der Waals surface area (Å²) in [5.41, 5.74) is 0.691. The minimum Gasteiger partial charge on any atom is -0.471 e. The van der Waals surface area contributed by atoms with E-state index in [1.165, 1.54) is 0 Å². The summed E-state index contributed by atoms with van der Waals surface area (Å²) < 4.78 is 7.17. The first-order valence-electron chi connectivity index (χ1n) is 6.42. The zero-order chi connectivity index (χ0) is 13.9. The van der Waals surface area contributed by atoms with Gasteiger partial charge in [0.2, 0.25) is 5.91 Å². The normalized spacial score (nSPS) is 14.1. The summed E-state index contributed by atoms with van der Waals surface area (Å²) in [5, 5.41) is 7.59. The van der Waals surface area contributed by atoms with E-state index in [1.807, 2.05) is 12.1 Å². The SMILES string of the molecule is O=C(Nc1cnn(COc2cccc(Cl)c2)c1)C1CC1. The van der Waals surface area contributed by atoms with E-state index < -0.39 is 0 Å². The van der Waals surface area contributed by atoms with E-state index in [4.69, 9.17) is 16.3 Å². The Morgan fingerprint density at radius 1 is 1.50 bits per heavy atom. The van der Waals surface area contributed by atoms with Crippen LogP contribution in [0.4, 0.5) is 5.69 Å². The maximum absolute atomic E-state index is 11.6. The lowest BCUT2D eigenvalue weighted by atomic mass is 10.3. The molecule has 0 spiro atoms. The van der Waals surface area contributed by atoms with E-state index in [2.05, 4.69) is 10.4 Å². The average Bonchev–Trinajstić information content (AvgIpc) is 3.19. The number of benzene rings is 1. The second kappa shape index (κ2) is 5.54. The zero-order valence-electron chi connectivity index (χ0n) is 10.8. The summed E-state index contributed by atoms with van der Waals surface area (Å²) in [4.78, 5) is 11.6. The number of carbonyl (C=O) groups is 1. The van der Waals surface area contributed by atoms with Crippen LogP contribution in [0, 0.1) is 5.92 Å². The van der Waals surface area contributed by atoms with Crippen LogP contribution in [0.5, 0.6) is 5.75 Å². The first-order chi connectivity index (χ1) is 9.70. The van der Waals surface area contributed by atoms with Crippen molar-refractivity contribution in [2.75, 3.05) is 5.32 Å². The van der Waals surface area contributed by atoms with Crippen LogP contribution in [0.3, 0.4) is 0 Å². The molecule has 0 saturated heterocycles. The molecule has 1 aromatic heterocycles. The van der Waals surface area contributed by atoms with Crippen LogP contribution in [0.1, 0.15) is 12.8 Å². The molecule has 1 heterocycles. The second-order valence-corrected chi connectivity index (χ2v) is 5.20. The van der Waals surface area contributed by atoms with E-state index >= 15 is 0 Å². The highest BCUT2D eigenvalue weighted by atomic mass is 35.5. The van der Waals surface area contributed by atoms with Crippen molar-refractivity contribution >= 4 is 23.2 Å². The van der Waals surface area contributed by atoms with E-state index in [9.17, 15) is 4.79 Å². The number of amides is 1. The summed E-state index contributed by atoms with van der Waals surface area (Å²) in [5.74, 6) is 0.929. The van der Waals surface area contributed by atoms with Gasteiger partial charge in [0.05, 0.1) is 18.1 Å². The van der Waals surface area contributed by atoms with Crippen molar-refractivity contribution < 1.29 is 9.53 Å². The van der Waals surface area contributed by atoms with Crippen LogP contribution in [-0.2, 0) is 11.5 Å². The maximum atomic E-state index is 11.6. The lowest BCUT2D eigenvalue weighted by Crippen LogP contribution is -2.12. The quantitative estimate of drug-likeness (QED) is 0.921. The maximum Gasteiger partial charge on any atom is 0.227 e. The Kier molecular flexibility index (Phi) is 3.60. The van der Waals surface area contributed by atoms with Crippen LogP contribution in [-0.4, -0.2) is 15.7 Å². The number of anilines is 1. The third-order valence-corrected chi connectivity index (χ3v) is 3.24. The molecule has 1 aliphatic rings.